The lowest BCUT2D eigenvalue weighted by Gasteiger charge is -2.18. The van der Waals surface area contributed by atoms with E-state index in [-0.39, 0.29) is 0 Å². The van der Waals surface area contributed by atoms with Crippen molar-refractivity contribution >= 4 is 17.0 Å². The Morgan fingerprint density at radius 2 is 2.00 bits per heavy atom. The van der Waals surface area contributed by atoms with Gasteiger partial charge in [0, 0.05) is 6.54 Å². The third-order valence-electron chi connectivity index (χ3n) is 5.03. The second-order valence-electron chi connectivity index (χ2n) is 6.62. The van der Waals surface area contributed by atoms with Gasteiger partial charge in [0.15, 0.2) is 0 Å². The van der Waals surface area contributed by atoms with Gasteiger partial charge in [-0.2, -0.15) is 0 Å². The summed E-state index contributed by atoms with van der Waals surface area (Å²) in [7, 11) is 0. The first-order valence-electron chi connectivity index (χ1n) is 7.83. The number of nitrogens with zero attached hydrogens (tertiary/aromatic N) is 2. The van der Waals surface area contributed by atoms with E-state index in [4.69, 9.17) is 0 Å². The highest BCUT2D eigenvalue weighted by Crippen LogP contribution is 2.50. The van der Waals surface area contributed by atoms with Crippen LogP contribution in [0.5, 0.6) is 0 Å². The second kappa shape index (κ2) is 4.58. The number of rotatable bonds is 5. The maximum atomic E-state index is 11.2. The molecule has 4 rings (SSSR count). The van der Waals surface area contributed by atoms with E-state index < -0.39 is 5.97 Å². The van der Waals surface area contributed by atoms with Crippen LogP contribution < -0.4 is 0 Å². The van der Waals surface area contributed by atoms with Gasteiger partial charge in [0.1, 0.15) is 5.82 Å². The van der Waals surface area contributed by atoms with Crippen LogP contribution in [0.2, 0.25) is 0 Å². The molecule has 0 bridgehead atoms. The van der Waals surface area contributed by atoms with Crippen LogP contribution in [0, 0.1) is 24.7 Å². The number of aromatic carboxylic acids is 1. The van der Waals surface area contributed by atoms with Gasteiger partial charge in [-0.25, -0.2) is 9.78 Å². The fourth-order valence-electron chi connectivity index (χ4n) is 3.55. The van der Waals surface area contributed by atoms with E-state index >= 15 is 0 Å². The van der Waals surface area contributed by atoms with E-state index in [1.807, 2.05) is 13.0 Å². The summed E-state index contributed by atoms with van der Waals surface area (Å²) in [5.74, 6) is 2.66. The van der Waals surface area contributed by atoms with E-state index in [0.717, 1.165) is 41.2 Å². The highest BCUT2D eigenvalue weighted by molar-refractivity contribution is 5.92. The largest absolute Gasteiger partial charge is 0.478 e. The summed E-state index contributed by atoms with van der Waals surface area (Å²) < 4.78 is 2.24. The zero-order chi connectivity index (χ0) is 14.6. The number of imidazole rings is 1. The van der Waals surface area contributed by atoms with Crippen molar-refractivity contribution in [3.05, 3.63) is 29.6 Å². The first kappa shape index (κ1) is 12.9. The Hall–Kier alpha value is -1.84. The minimum atomic E-state index is -0.872. The van der Waals surface area contributed by atoms with E-state index in [0.29, 0.717) is 5.56 Å². The Bertz CT molecular complexity index is 699. The zero-order valence-electron chi connectivity index (χ0n) is 12.2. The molecule has 0 spiro atoms. The molecule has 2 saturated carbocycles. The third kappa shape index (κ3) is 2.33. The molecule has 21 heavy (non-hydrogen) atoms. The van der Waals surface area contributed by atoms with Gasteiger partial charge < -0.3 is 9.67 Å². The molecule has 2 aliphatic carbocycles. The normalized spacial score (nSPS) is 18.6. The summed E-state index contributed by atoms with van der Waals surface area (Å²) in [6.07, 6.45) is 5.47. The number of carboxylic acids is 1. The molecule has 1 aromatic carbocycles. The SMILES string of the molecule is Cc1nc2ccc(C(=O)O)cc2n1CC(C1CC1)C1CC1. The van der Waals surface area contributed by atoms with Gasteiger partial charge in [0.05, 0.1) is 16.6 Å². The van der Waals surface area contributed by atoms with Crippen molar-refractivity contribution in [2.45, 2.75) is 39.2 Å². The molecule has 2 aliphatic rings. The molecular formula is C17H20N2O2. The first-order chi connectivity index (χ1) is 10.1. The molecule has 110 valence electrons. The minimum absolute atomic E-state index is 0.345. The van der Waals surface area contributed by atoms with Crippen molar-refractivity contribution < 1.29 is 9.90 Å². The smallest absolute Gasteiger partial charge is 0.335 e. The Morgan fingerprint density at radius 1 is 1.33 bits per heavy atom. The summed E-state index contributed by atoms with van der Waals surface area (Å²) in [5, 5.41) is 9.19. The predicted molar refractivity (Wildman–Crippen MR) is 80.4 cm³/mol. The molecule has 0 saturated heterocycles. The molecule has 0 amide bonds. The van der Waals surface area contributed by atoms with Crippen LogP contribution in [0.15, 0.2) is 18.2 Å². The van der Waals surface area contributed by atoms with Gasteiger partial charge in [0.2, 0.25) is 0 Å². The molecule has 4 heteroatoms. The summed E-state index contributed by atoms with van der Waals surface area (Å²) in [6.45, 7) is 3.03. The van der Waals surface area contributed by atoms with Gasteiger partial charge in [-0.05, 0) is 68.6 Å². The van der Waals surface area contributed by atoms with Crippen molar-refractivity contribution in [1.82, 2.24) is 9.55 Å². The fourth-order valence-corrected chi connectivity index (χ4v) is 3.55. The van der Waals surface area contributed by atoms with Crippen LogP contribution >= 0.6 is 0 Å². The maximum Gasteiger partial charge on any atom is 0.335 e. The summed E-state index contributed by atoms with van der Waals surface area (Å²) in [4.78, 5) is 15.8. The standard InChI is InChI=1S/C17H20N2O2/c1-10-18-15-7-6-13(17(20)21)8-16(15)19(10)9-14(11-2-3-11)12-4-5-12/h6-8,11-12,14H,2-5,9H2,1H3,(H,20,21). The van der Waals surface area contributed by atoms with Crippen molar-refractivity contribution in [2.24, 2.45) is 17.8 Å². The molecule has 4 nitrogen and oxygen atoms in total. The molecule has 0 aliphatic heterocycles. The lowest BCUT2D eigenvalue weighted by molar-refractivity contribution is 0.0697. The number of fused-ring (bicyclic) bond motifs is 1. The van der Waals surface area contributed by atoms with E-state index in [1.54, 1.807) is 12.1 Å². The molecule has 0 radical (unpaired) electrons. The van der Waals surface area contributed by atoms with Gasteiger partial charge >= 0.3 is 5.97 Å². The monoisotopic (exact) mass is 284 g/mol. The quantitative estimate of drug-likeness (QED) is 0.914. The highest BCUT2D eigenvalue weighted by atomic mass is 16.4. The van der Waals surface area contributed by atoms with Crippen LogP contribution in [0.4, 0.5) is 0 Å². The van der Waals surface area contributed by atoms with Crippen LogP contribution in [0.3, 0.4) is 0 Å². The van der Waals surface area contributed by atoms with Crippen molar-refractivity contribution in [3.63, 3.8) is 0 Å². The zero-order valence-corrected chi connectivity index (χ0v) is 12.2. The van der Waals surface area contributed by atoms with Crippen LogP contribution in [-0.4, -0.2) is 20.6 Å². The highest BCUT2D eigenvalue weighted by Gasteiger charge is 2.41. The molecule has 0 atom stereocenters. The molecule has 1 N–H and O–H groups in total. The molecule has 2 fully saturated rings. The molecule has 1 aromatic heterocycles. The molecule has 1 heterocycles. The van der Waals surface area contributed by atoms with Gasteiger partial charge in [-0.3, -0.25) is 0 Å². The number of hydrogen-bond acceptors (Lipinski definition) is 2. The first-order valence-corrected chi connectivity index (χ1v) is 7.83. The number of carboxylic acid groups (broad SMARTS) is 1. The number of benzene rings is 1. The number of carbonyl (C=O) groups is 1. The predicted octanol–water partition coefficient (Wildman–Crippen LogP) is 3.48. The lowest BCUT2D eigenvalue weighted by atomic mass is 9.97. The Morgan fingerprint density at radius 3 is 2.57 bits per heavy atom. The van der Waals surface area contributed by atoms with Crippen molar-refractivity contribution in [1.29, 1.82) is 0 Å². The fraction of sp³-hybridized carbons (Fsp3) is 0.529. The number of aryl methyl sites for hydroxylation is 1. The van der Waals surface area contributed by atoms with E-state index in [2.05, 4.69) is 9.55 Å². The maximum absolute atomic E-state index is 11.2. The van der Waals surface area contributed by atoms with Crippen LogP contribution in [0.1, 0.15) is 41.9 Å². The number of aromatic nitrogens is 2. The molecule has 2 aromatic rings. The molecular weight excluding hydrogens is 264 g/mol. The van der Waals surface area contributed by atoms with Crippen molar-refractivity contribution in [3.8, 4) is 0 Å². The summed E-state index contributed by atoms with van der Waals surface area (Å²) in [6, 6.07) is 5.24. The van der Waals surface area contributed by atoms with E-state index in [9.17, 15) is 9.90 Å². The minimum Gasteiger partial charge on any atom is -0.478 e. The van der Waals surface area contributed by atoms with Gasteiger partial charge in [-0.15, -0.1) is 0 Å². The topological polar surface area (TPSA) is 55.1 Å². The summed E-state index contributed by atoms with van der Waals surface area (Å²) in [5.41, 5.74) is 2.22. The Balaban J connectivity index is 1.73. The van der Waals surface area contributed by atoms with Crippen molar-refractivity contribution in [2.75, 3.05) is 0 Å². The van der Waals surface area contributed by atoms with E-state index in [1.165, 1.54) is 25.7 Å². The average molecular weight is 284 g/mol. The van der Waals surface area contributed by atoms with Crippen LogP contribution in [0.25, 0.3) is 11.0 Å². The Labute approximate surface area is 123 Å². The third-order valence-corrected chi connectivity index (χ3v) is 5.03. The molecule has 0 unspecified atom stereocenters. The Kier molecular flexibility index (Phi) is 2.81. The van der Waals surface area contributed by atoms with Crippen LogP contribution in [-0.2, 0) is 6.54 Å². The average Bonchev–Trinajstić information content (AvgIpc) is 3.34. The van der Waals surface area contributed by atoms with Gasteiger partial charge in [-0.1, -0.05) is 0 Å². The van der Waals surface area contributed by atoms with Gasteiger partial charge in [0.25, 0.3) is 0 Å². The lowest BCUT2D eigenvalue weighted by Crippen LogP contribution is -2.16. The summed E-state index contributed by atoms with van der Waals surface area (Å²) >= 11 is 0. The second-order valence-corrected chi connectivity index (χ2v) is 6.62. The number of hydrogen-bond donors (Lipinski definition) is 1.